The summed E-state index contributed by atoms with van der Waals surface area (Å²) in [4.78, 5) is 10.9. The van der Waals surface area contributed by atoms with Gasteiger partial charge in [-0.3, -0.25) is 4.79 Å². The van der Waals surface area contributed by atoms with E-state index in [9.17, 15) is 18.0 Å². The number of ketones is 1. The molecule has 0 amide bonds. The maximum absolute atomic E-state index is 12.2. The minimum Gasteiger partial charge on any atom is -0.396 e. The minimum absolute atomic E-state index is 0.160. The molecule has 1 N–H and O–H groups in total. The van der Waals surface area contributed by atoms with Crippen molar-refractivity contribution in [3.8, 4) is 0 Å². The third-order valence-corrected chi connectivity index (χ3v) is 2.59. The number of carbonyl (C=O) groups is 1. The van der Waals surface area contributed by atoms with Crippen molar-refractivity contribution in [3.05, 3.63) is 24.0 Å². The highest BCUT2D eigenvalue weighted by molar-refractivity contribution is 6.00. The van der Waals surface area contributed by atoms with Crippen LogP contribution in [0.2, 0.25) is 0 Å². The topological polar surface area (TPSA) is 42.2 Å². The number of aliphatic hydroxyl groups is 1. The number of unbranched alkanes of at least 4 members (excludes halogenated alkanes) is 3. The lowest BCUT2D eigenvalue weighted by molar-refractivity contribution is -0.0885. The number of halogens is 3. The molecule has 0 aliphatic carbocycles. The molecule has 0 bridgehead atoms. The highest BCUT2D eigenvalue weighted by atomic mass is 19.4. The molecule has 0 aliphatic rings. The van der Waals surface area contributed by atoms with E-state index < -0.39 is 12.0 Å². The van der Waals surface area contributed by atoms with Gasteiger partial charge in [0, 0.05) is 31.1 Å². The predicted molar refractivity (Wildman–Crippen MR) is 60.4 cm³/mol. The van der Waals surface area contributed by atoms with E-state index in [0.717, 1.165) is 25.7 Å². The maximum atomic E-state index is 12.2. The molecule has 3 nitrogen and oxygen atoms in total. The van der Waals surface area contributed by atoms with Crippen LogP contribution in [0.3, 0.4) is 0 Å². The Labute approximate surface area is 103 Å². The van der Waals surface area contributed by atoms with Crippen LogP contribution in [0, 0.1) is 0 Å². The van der Waals surface area contributed by atoms with Gasteiger partial charge < -0.3 is 9.67 Å². The fraction of sp³-hybridized carbons (Fsp3) is 0.583. The van der Waals surface area contributed by atoms with E-state index in [1.54, 1.807) is 4.57 Å². The Hall–Kier alpha value is -1.30. The molecule has 0 unspecified atom stereocenters. The quantitative estimate of drug-likeness (QED) is 0.607. The lowest BCUT2D eigenvalue weighted by atomic mass is 10.2. The molecule has 102 valence electrons. The van der Waals surface area contributed by atoms with E-state index in [4.69, 9.17) is 5.11 Å². The first-order chi connectivity index (χ1) is 8.45. The summed E-state index contributed by atoms with van der Waals surface area (Å²) in [5.74, 6) is -1.80. The van der Waals surface area contributed by atoms with E-state index in [1.807, 2.05) is 0 Å². The standard InChI is InChI=1S/C12H16F3NO2/c13-12(14,15)11(18)10-5-7-16(9-10)6-3-1-2-4-8-17/h5,7,9,17H,1-4,6,8H2. The molecule has 1 aromatic rings. The molecule has 1 heterocycles. The number of Topliss-reactive ketones (excluding diaryl/α,β-unsaturated/α-hetero) is 1. The Kier molecular flexibility index (Phi) is 5.40. The molecular weight excluding hydrogens is 247 g/mol. The summed E-state index contributed by atoms with van der Waals surface area (Å²) in [6.07, 6.45) is 1.24. The number of hydrogen-bond donors (Lipinski definition) is 1. The molecule has 1 rings (SSSR count). The first-order valence-corrected chi connectivity index (χ1v) is 5.83. The van der Waals surface area contributed by atoms with Gasteiger partial charge in [-0.25, -0.2) is 0 Å². The number of nitrogens with zero attached hydrogens (tertiary/aromatic N) is 1. The van der Waals surface area contributed by atoms with Gasteiger partial charge in [-0.2, -0.15) is 13.2 Å². The van der Waals surface area contributed by atoms with E-state index in [0.29, 0.717) is 6.54 Å². The van der Waals surface area contributed by atoms with Gasteiger partial charge in [0.2, 0.25) is 0 Å². The lowest BCUT2D eigenvalue weighted by Crippen LogP contribution is -2.22. The summed E-state index contributed by atoms with van der Waals surface area (Å²) in [6.45, 7) is 0.740. The molecule has 0 aromatic carbocycles. The van der Waals surface area contributed by atoms with Crippen molar-refractivity contribution in [2.24, 2.45) is 0 Å². The predicted octanol–water partition coefficient (Wildman–Crippen LogP) is 2.79. The molecule has 0 aliphatic heterocycles. The molecular formula is C12H16F3NO2. The van der Waals surface area contributed by atoms with Crippen LogP contribution in [0.5, 0.6) is 0 Å². The average molecular weight is 263 g/mol. The van der Waals surface area contributed by atoms with Crippen LogP contribution < -0.4 is 0 Å². The Balaban J connectivity index is 2.42. The van der Waals surface area contributed by atoms with Crippen LogP contribution in [0.4, 0.5) is 13.2 Å². The fourth-order valence-corrected chi connectivity index (χ4v) is 1.64. The smallest absolute Gasteiger partial charge is 0.396 e. The number of aliphatic hydroxyl groups excluding tert-OH is 1. The number of carbonyl (C=O) groups excluding carboxylic acids is 1. The molecule has 18 heavy (non-hydrogen) atoms. The summed E-state index contributed by atoms with van der Waals surface area (Å²) < 4.78 is 38.0. The van der Waals surface area contributed by atoms with E-state index in [-0.39, 0.29) is 12.2 Å². The summed E-state index contributed by atoms with van der Waals surface area (Å²) in [5.41, 5.74) is -0.321. The van der Waals surface area contributed by atoms with E-state index >= 15 is 0 Å². The van der Waals surface area contributed by atoms with Crippen LogP contribution in [-0.2, 0) is 6.54 Å². The van der Waals surface area contributed by atoms with Crippen molar-refractivity contribution in [2.45, 2.75) is 38.4 Å². The lowest BCUT2D eigenvalue weighted by Gasteiger charge is -2.03. The second-order valence-electron chi connectivity index (χ2n) is 4.10. The number of aromatic nitrogens is 1. The van der Waals surface area contributed by atoms with Crippen molar-refractivity contribution in [1.29, 1.82) is 0 Å². The van der Waals surface area contributed by atoms with Crippen molar-refractivity contribution < 1.29 is 23.1 Å². The third kappa shape index (κ3) is 4.52. The molecule has 0 atom stereocenters. The largest absolute Gasteiger partial charge is 0.454 e. The van der Waals surface area contributed by atoms with E-state index in [2.05, 4.69) is 0 Å². The highest BCUT2D eigenvalue weighted by Crippen LogP contribution is 2.21. The van der Waals surface area contributed by atoms with Gasteiger partial charge in [-0.05, 0) is 18.9 Å². The second-order valence-corrected chi connectivity index (χ2v) is 4.10. The summed E-state index contributed by atoms with van der Waals surface area (Å²) in [7, 11) is 0. The van der Waals surface area contributed by atoms with Crippen molar-refractivity contribution in [3.63, 3.8) is 0 Å². The fourth-order valence-electron chi connectivity index (χ4n) is 1.64. The van der Waals surface area contributed by atoms with Gasteiger partial charge in [0.05, 0.1) is 0 Å². The summed E-state index contributed by atoms with van der Waals surface area (Å²) in [5, 5.41) is 8.57. The Bertz CT molecular complexity index is 385. The van der Waals surface area contributed by atoms with Crippen molar-refractivity contribution in [2.75, 3.05) is 6.61 Å². The maximum Gasteiger partial charge on any atom is 0.454 e. The molecule has 0 spiro atoms. The zero-order valence-electron chi connectivity index (χ0n) is 9.91. The normalized spacial score (nSPS) is 11.8. The van der Waals surface area contributed by atoms with E-state index in [1.165, 1.54) is 18.5 Å². The highest BCUT2D eigenvalue weighted by Gasteiger charge is 2.39. The monoisotopic (exact) mass is 263 g/mol. The van der Waals surface area contributed by atoms with Gasteiger partial charge in [0.25, 0.3) is 5.78 Å². The summed E-state index contributed by atoms with van der Waals surface area (Å²) >= 11 is 0. The molecule has 0 radical (unpaired) electrons. The second kappa shape index (κ2) is 6.58. The minimum atomic E-state index is -4.81. The summed E-state index contributed by atoms with van der Waals surface area (Å²) in [6, 6.07) is 1.18. The van der Waals surface area contributed by atoms with Gasteiger partial charge in [0.1, 0.15) is 0 Å². The Morgan fingerprint density at radius 2 is 1.89 bits per heavy atom. The zero-order valence-corrected chi connectivity index (χ0v) is 9.91. The SMILES string of the molecule is O=C(c1ccn(CCCCCCO)c1)C(F)(F)F. The van der Waals surface area contributed by atoms with Gasteiger partial charge in [0.15, 0.2) is 0 Å². The Morgan fingerprint density at radius 3 is 2.50 bits per heavy atom. The molecule has 1 aromatic heterocycles. The Morgan fingerprint density at radius 1 is 1.22 bits per heavy atom. The first-order valence-electron chi connectivity index (χ1n) is 5.83. The first kappa shape index (κ1) is 14.8. The third-order valence-electron chi connectivity index (χ3n) is 2.59. The average Bonchev–Trinajstić information content (AvgIpc) is 2.75. The zero-order chi connectivity index (χ0) is 13.6. The molecule has 6 heteroatoms. The van der Waals surface area contributed by atoms with Crippen molar-refractivity contribution >= 4 is 5.78 Å². The van der Waals surface area contributed by atoms with Crippen LogP contribution >= 0.6 is 0 Å². The number of rotatable bonds is 7. The van der Waals surface area contributed by atoms with Crippen molar-refractivity contribution in [1.82, 2.24) is 4.57 Å². The molecule has 0 saturated heterocycles. The van der Waals surface area contributed by atoms with Gasteiger partial charge >= 0.3 is 6.18 Å². The number of alkyl halides is 3. The van der Waals surface area contributed by atoms with Crippen LogP contribution in [0.25, 0.3) is 0 Å². The number of hydrogen-bond acceptors (Lipinski definition) is 2. The van der Waals surface area contributed by atoms with Crippen LogP contribution in [-0.4, -0.2) is 28.2 Å². The van der Waals surface area contributed by atoms with Crippen LogP contribution in [0.1, 0.15) is 36.0 Å². The molecule has 0 fully saturated rings. The van der Waals surface area contributed by atoms with Crippen LogP contribution in [0.15, 0.2) is 18.5 Å². The molecule has 0 saturated carbocycles. The number of aryl methyl sites for hydroxylation is 1. The van der Waals surface area contributed by atoms with Gasteiger partial charge in [-0.1, -0.05) is 12.8 Å². The van der Waals surface area contributed by atoms with Gasteiger partial charge in [-0.15, -0.1) is 0 Å².